The summed E-state index contributed by atoms with van der Waals surface area (Å²) in [7, 11) is 1.85. The molecule has 0 atom stereocenters. The van der Waals surface area contributed by atoms with Gasteiger partial charge in [-0.3, -0.25) is 4.99 Å². The fourth-order valence-electron chi connectivity index (χ4n) is 2.95. The molecule has 1 saturated heterocycles. The molecule has 110 valence electrons. The molecule has 1 saturated carbocycles. The Hall–Kier alpha value is -0.770. The lowest BCUT2D eigenvalue weighted by atomic mass is 9.84. The number of hydrogen-bond donors (Lipinski definition) is 2. The highest BCUT2D eigenvalue weighted by Crippen LogP contribution is 2.27. The summed E-state index contributed by atoms with van der Waals surface area (Å²) < 4.78 is 5.28. The van der Waals surface area contributed by atoms with Crippen LogP contribution in [0.2, 0.25) is 0 Å². The molecule has 2 rings (SSSR count). The highest BCUT2D eigenvalue weighted by molar-refractivity contribution is 5.80. The van der Waals surface area contributed by atoms with Crippen LogP contribution in [-0.4, -0.2) is 38.8 Å². The Labute approximate surface area is 117 Å². The van der Waals surface area contributed by atoms with Crippen LogP contribution in [0.4, 0.5) is 0 Å². The summed E-state index contributed by atoms with van der Waals surface area (Å²) in [5.41, 5.74) is 0.289. The second-order valence-electron chi connectivity index (χ2n) is 6.50. The second-order valence-corrected chi connectivity index (χ2v) is 6.50. The Balaban J connectivity index is 1.70. The van der Waals surface area contributed by atoms with E-state index in [0.29, 0.717) is 6.04 Å². The van der Waals surface area contributed by atoms with Crippen molar-refractivity contribution >= 4 is 5.96 Å². The molecule has 2 fully saturated rings. The zero-order valence-electron chi connectivity index (χ0n) is 12.7. The van der Waals surface area contributed by atoms with E-state index in [1.165, 1.54) is 32.1 Å². The van der Waals surface area contributed by atoms with E-state index in [0.717, 1.165) is 31.6 Å². The lowest BCUT2D eigenvalue weighted by Crippen LogP contribution is -2.52. The van der Waals surface area contributed by atoms with Gasteiger partial charge in [-0.05, 0) is 31.6 Å². The van der Waals surface area contributed by atoms with Crippen LogP contribution in [-0.2, 0) is 4.74 Å². The van der Waals surface area contributed by atoms with Gasteiger partial charge in [0.1, 0.15) is 0 Å². The van der Waals surface area contributed by atoms with Gasteiger partial charge in [-0.15, -0.1) is 0 Å². The summed E-state index contributed by atoms with van der Waals surface area (Å²) >= 11 is 0. The predicted octanol–water partition coefficient (Wildman–Crippen LogP) is 2.16. The minimum Gasteiger partial charge on any atom is -0.380 e. The van der Waals surface area contributed by atoms with Gasteiger partial charge in [0.2, 0.25) is 0 Å². The van der Waals surface area contributed by atoms with Gasteiger partial charge >= 0.3 is 0 Å². The van der Waals surface area contributed by atoms with Crippen LogP contribution in [0, 0.1) is 11.3 Å². The number of guanidine groups is 1. The number of nitrogens with zero attached hydrogens (tertiary/aromatic N) is 1. The van der Waals surface area contributed by atoms with Gasteiger partial charge in [0.15, 0.2) is 5.96 Å². The smallest absolute Gasteiger partial charge is 0.191 e. The molecule has 0 unspecified atom stereocenters. The molecule has 2 N–H and O–H groups in total. The first-order valence-electron chi connectivity index (χ1n) is 7.70. The first-order chi connectivity index (χ1) is 9.15. The number of nitrogens with one attached hydrogen (secondary N) is 2. The van der Waals surface area contributed by atoms with Gasteiger partial charge in [0.25, 0.3) is 0 Å². The Kier molecular flexibility index (Phi) is 5.08. The molecule has 0 amide bonds. The van der Waals surface area contributed by atoms with Gasteiger partial charge in [-0.2, -0.15) is 0 Å². The topological polar surface area (TPSA) is 45.7 Å². The van der Waals surface area contributed by atoms with Gasteiger partial charge in [0, 0.05) is 25.0 Å². The van der Waals surface area contributed by atoms with Gasteiger partial charge in [-0.1, -0.05) is 20.3 Å². The summed E-state index contributed by atoms with van der Waals surface area (Å²) in [6.45, 7) is 7.22. The van der Waals surface area contributed by atoms with Crippen LogP contribution >= 0.6 is 0 Å². The highest BCUT2D eigenvalue weighted by Gasteiger charge is 2.33. The molecule has 0 aromatic heterocycles. The van der Waals surface area contributed by atoms with Crippen LogP contribution in [0.5, 0.6) is 0 Å². The van der Waals surface area contributed by atoms with E-state index < -0.39 is 0 Å². The standard InChI is InChI=1S/C15H29N3O/c1-4-12-5-7-13(8-6-12)18-14(16-3)17-9-15(2)10-19-11-15/h12-13H,4-11H2,1-3H3,(H2,16,17,18). The molecule has 1 aliphatic heterocycles. The SMILES string of the molecule is CCC1CCC(NC(=NC)NCC2(C)COC2)CC1. The zero-order chi connectivity index (χ0) is 13.7. The molecule has 0 spiro atoms. The monoisotopic (exact) mass is 267 g/mol. The number of ether oxygens (including phenoxy) is 1. The molecular weight excluding hydrogens is 238 g/mol. The Bertz CT molecular complexity index is 305. The fourth-order valence-corrected chi connectivity index (χ4v) is 2.95. The maximum Gasteiger partial charge on any atom is 0.191 e. The lowest BCUT2D eigenvalue weighted by Gasteiger charge is -2.38. The van der Waals surface area contributed by atoms with Crippen molar-refractivity contribution in [3.05, 3.63) is 0 Å². The molecule has 0 aromatic carbocycles. The highest BCUT2D eigenvalue weighted by atomic mass is 16.5. The van der Waals surface area contributed by atoms with E-state index in [9.17, 15) is 0 Å². The van der Waals surface area contributed by atoms with Gasteiger partial charge in [-0.25, -0.2) is 0 Å². The summed E-state index contributed by atoms with van der Waals surface area (Å²) in [4.78, 5) is 4.34. The average molecular weight is 267 g/mol. The molecule has 1 heterocycles. The minimum absolute atomic E-state index is 0.289. The molecule has 4 heteroatoms. The van der Waals surface area contributed by atoms with Crippen LogP contribution in [0.3, 0.4) is 0 Å². The van der Waals surface area contributed by atoms with Crippen molar-refractivity contribution in [2.75, 3.05) is 26.8 Å². The number of hydrogen-bond acceptors (Lipinski definition) is 2. The van der Waals surface area contributed by atoms with Crippen LogP contribution < -0.4 is 10.6 Å². The average Bonchev–Trinajstić information content (AvgIpc) is 2.42. The maximum absolute atomic E-state index is 5.28. The Morgan fingerprint density at radius 3 is 2.42 bits per heavy atom. The van der Waals surface area contributed by atoms with Crippen molar-refractivity contribution in [2.45, 2.75) is 52.0 Å². The van der Waals surface area contributed by atoms with Crippen molar-refractivity contribution < 1.29 is 4.74 Å². The molecule has 1 aliphatic carbocycles. The fraction of sp³-hybridized carbons (Fsp3) is 0.933. The van der Waals surface area contributed by atoms with E-state index in [1.807, 2.05) is 7.05 Å². The largest absolute Gasteiger partial charge is 0.380 e. The third kappa shape index (κ3) is 4.10. The molecule has 19 heavy (non-hydrogen) atoms. The van der Waals surface area contributed by atoms with Crippen LogP contribution in [0.15, 0.2) is 4.99 Å². The summed E-state index contributed by atoms with van der Waals surface area (Å²) in [5.74, 6) is 1.90. The predicted molar refractivity (Wildman–Crippen MR) is 79.5 cm³/mol. The van der Waals surface area contributed by atoms with Gasteiger partial charge < -0.3 is 15.4 Å². The minimum atomic E-state index is 0.289. The first-order valence-corrected chi connectivity index (χ1v) is 7.70. The van der Waals surface area contributed by atoms with Crippen molar-refractivity contribution in [3.8, 4) is 0 Å². The van der Waals surface area contributed by atoms with Crippen molar-refractivity contribution in [1.82, 2.24) is 10.6 Å². The van der Waals surface area contributed by atoms with E-state index in [1.54, 1.807) is 0 Å². The second kappa shape index (κ2) is 6.60. The quantitative estimate of drug-likeness (QED) is 0.606. The van der Waals surface area contributed by atoms with Gasteiger partial charge in [0.05, 0.1) is 13.2 Å². The van der Waals surface area contributed by atoms with Crippen LogP contribution in [0.25, 0.3) is 0 Å². The molecule has 4 nitrogen and oxygen atoms in total. The molecule has 0 radical (unpaired) electrons. The van der Waals surface area contributed by atoms with E-state index in [-0.39, 0.29) is 5.41 Å². The van der Waals surface area contributed by atoms with Crippen LogP contribution in [0.1, 0.15) is 46.0 Å². The number of aliphatic imine (C=N–C) groups is 1. The Morgan fingerprint density at radius 1 is 1.26 bits per heavy atom. The molecule has 0 bridgehead atoms. The Morgan fingerprint density at radius 2 is 1.95 bits per heavy atom. The summed E-state index contributed by atoms with van der Waals surface area (Å²) in [6, 6.07) is 0.597. The summed E-state index contributed by atoms with van der Waals surface area (Å²) in [6.07, 6.45) is 6.60. The number of rotatable bonds is 4. The maximum atomic E-state index is 5.28. The first kappa shape index (κ1) is 14.6. The van der Waals surface area contributed by atoms with Crippen molar-refractivity contribution in [2.24, 2.45) is 16.3 Å². The molecule has 2 aliphatic rings. The third-order valence-corrected chi connectivity index (χ3v) is 4.57. The normalized spacial score (nSPS) is 30.6. The molecular formula is C15H29N3O. The van der Waals surface area contributed by atoms with E-state index in [2.05, 4.69) is 29.5 Å². The lowest BCUT2D eigenvalue weighted by molar-refractivity contribution is -0.0971. The zero-order valence-corrected chi connectivity index (χ0v) is 12.7. The van der Waals surface area contributed by atoms with E-state index in [4.69, 9.17) is 4.74 Å². The summed E-state index contributed by atoms with van der Waals surface area (Å²) in [5, 5.41) is 7.01. The molecule has 0 aromatic rings. The van der Waals surface area contributed by atoms with E-state index >= 15 is 0 Å². The van der Waals surface area contributed by atoms with Crippen molar-refractivity contribution in [3.63, 3.8) is 0 Å². The van der Waals surface area contributed by atoms with Crippen molar-refractivity contribution in [1.29, 1.82) is 0 Å². The third-order valence-electron chi connectivity index (χ3n) is 4.57.